The molecule has 2 aromatic carbocycles. The lowest BCUT2D eigenvalue weighted by atomic mass is 9.92. The van der Waals surface area contributed by atoms with Gasteiger partial charge in [-0.25, -0.2) is 8.78 Å². The predicted molar refractivity (Wildman–Crippen MR) is 109 cm³/mol. The van der Waals surface area contributed by atoms with Crippen LogP contribution in [0.25, 0.3) is 0 Å². The molecule has 164 valence electrons. The molecular formula is C21H26F3N3O3. The Bertz CT molecular complexity index is 883. The maximum Gasteiger partial charge on any atom is 0.256 e. The molecule has 1 aliphatic rings. The molecule has 0 bridgehead atoms. The molecule has 9 heteroatoms. The van der Waals surface area contributed by atoms with Gasteiger partial charge in [-0.05, 0) is 31.2 Å². The summed E-state index contributed by atoms with van der Waals surface area (Å²) in [5, 5.41) is 12.6. The Balaban J connectivity index is 0.00000106. The number of rotatable bonds is 4. The molecule has 0 spiro atoms. The van der Waals surface area contributed by atoms with Gasteiger partial charge in [0.05, 0.1) is 31.5 Å². The lowest BCUT2D eigenvalue weighted by Crippen LogP contribution is -2.69. The minimum atomic E-state index is -1.79. The zero-order chi connectivity index (χ0) is 23.1. The number of nitrogens with zero attached hydrogens (tertiary/aromatic N) is 1. The fourth-order valence-corrected chi connectivity index (χ4v) is 2.69. The number of β-amino-alcohol motifs (C(OH)–C–C–N with tert-alkyl or cyclic N) is 1. The summed E-state index contributed by atoms with van der Waals surface area (Å²) in [6.07, 6.45) is 0. The number of alkyl halides is 1. The van der Waals surface area contributed by atoms with E-state index >= 15 is 0 Å². The SMILES string of the molecule is CC.CF.Cc1ccc(Nc2c(C(=O)N3CC(O)(C(N)=O)C3)ccc(F)c2F)cc1. The molecule has 4 N–H and O–H groups in total. The van der Waals surface area contributed by atoms with Crippen molar-refractivity contribution in [2.75, 3.05) is 25.6 Å². The molecule has 0 radical (unpaired) electrons. The Morgan fingerprint density at radius 2 is 1.60 bits per heavy atom. The Kier molecular flexibility index (Phi) is 8.85. The molecule has 1 heterocycles. The minimum absolute atomic E-state index is 0.115. The second-order valence-corrected chi connectivity index (χ2v) is 6.33. The molecule has 3 rings (SSSR count). The average molecular weight is 425 g/mol. The van der Waals surface area contributed by atoms with Crippen molar-refractivity contribution in [2.24, 2.45) is 5.73 Å². The first-order chi connectivity index (χ1) is 14.2. The van der Waals surface area contributed by atoms with E-state index in [9.17, 15) is 27.9 Å². The summed E-state index contributed by atoms with van der Waals surface area (Å²) in [6.45, 7) is 5.28. The van der Waals surface area contributed by atoms with E-state index in [4.69, 9.17) is 5.73 Å². The van der Waals surface area contributed by atoms with E-state index in [0.717, 1.165) is 22.6 Å². The first-order valence-electron chi connectivity index (χ1n) is 9.22. The molecule has 2 aromatic rings. The van der Waals surface area contributed by atoms with E-state index in [1.54, 1.807) is 24.3 Å². The predicted octanol–water partition coefficient (Wildman–Crippen LogP) is 3.30. The lowest BCUT2D eigenvalue weighted by molar-refractivity contribution is -0.151. The Hall–Kier alpha value is -3.07. The number of likely N-dealkylation sites (tertiary alicyclic amines) is 1. The Morgan fingerprint density at radius 3 is 2.10 bits per heavy atom. The second kappa shape index (κ2) is 10.6. The lowest BCUT2D eigenvalue weighted by Gasteiger charge is -2.44. The van der Waals surface area contributed by atoms with E-state index in [1.165, 1.54) is 0 Å². The van der Waals surface area contributed by atoms with Crippen LogP contribution in [0.4, 0.5) is 24.5 Å². The number of benzene rings is 2. The van der Waals surface area contributed by atoms with Crippen LogP contribution in [0.5, 0.6) is 0 Å². The van der Waals surface area contributed by atoms with Gasteiger partial charge in [-0.1, -0.05) is 31.5 Å². The number of nitrogens with one attached hydrogen (secondary N) is 1. The standard InChI is InChI=1S/C18H17F2N3O3.C2H6.CH3F/c1-10-2-4-11(5-3-10)22-15-12(6-7-13(19)14(15)20)16(24)23-8-18(26,9-23)17(21)25;2*1-2/h2-7,22,26H,8-9H2,1H3,(H2,21,25);1-2H3;1H3. The Morgan fingerprint density at radius 1 is 1.07 bits per heavy atom. The van der Waals surface area contributed by atoms with Crippen LogP contribution in [0, 0.1) is 18.6 Å². The summed E-state index contributed by atoms with van der Waals surface area (Å²) in [6, 6.07) is 8.90. The van der Waals surface area contributed by atoms with Crippen molar-refractivity contribution in [3.63, 3.8) is 0 Å². The highest BCUT2D eigenvalue weighted by molar-refractivity contribution is 6.02. The smallest absolute Gasteiger partial charge is 0.256 e. The van der Waals surface area contributed by atoms with Crippen LogP contribution >= 0.6 is 0 Å². The van der Waals surface area contributed by atoms with Crippen LogP contribution < -0.4 is 11.1 Å². The van der Waals surface area contributed by atoms with Gasteiger partial charge in [0.25, 0.3) is 11.8 Å². The van der Waals surface area contributed by atoms with Crippen molar-refractivity contribution in [1.82, 2.24) is 4.90 Å². The van der Waals surface area contributed by atoms with Crippen molar-refractivity contribution in [2.45, 2.75) is 26.4 Å². The van der Waals surface area contributed by atoms with Gasteiger partial charge in [-0.15, -0.1) is 0 Å². The third-order valence-electron chi connectivity index (χ3n) is 4.30. The van der Waals surface area contributed by atoms with E-state index in [1.807, 2.05) is 20.8 Å². The number of carbonyl (C=O) groups is 2. The van der Waals surface area contributed by atoms with Crippen LogP contribution in [-0.2, 0) is 4.79 Å². The van der Waals surface area contributed by atoms with Crippen LogP contribution in [0.2, 0.25) is 0 Å². The fourth-order valence-electron chi connectivity index (χ4n) is 2.69. The van der Waals surface area contributed by atoms with E-state index in [0.29, 0.717) is 12.9 Å². The summed E-state index contributed by atoms with van der Waals surface area (Å²) < 4.78 is 37.5. The highest BCUT2D eigenvalue weighted by Crippen LogP contribution is 2.30. The van der Waals surface area contributed by atoms with Crippen molar-refractivity contribution >= 4 is 23.2 Å². The van der Waals surface area contributed by atoms with Gasteiger partial charge in [0.15, 0.2) is 17.2 Å². The molecule has 0 aromatic heterocycles. The average Bonchev–Trinajstić information content (AvgIpc) is 2.73. The van der Waals surface area contributed by atoms with Gasteiger partial charge in [-0.3, -0.25) is 14.0 Å². The first kappa shape index (κ1) is 25.0. The number of hydrogen-bond donors (Lipinski definition) is 3. The molecule has 30 heavy (non-hydrogen) atoms. The van der Waals surface area contributed by atoms with E-state index in [2.05, 4.69) is 5.32 Å². The minimum Gasteiger partial charge on any atom is -0.377 e. The number of primary amides is 1. The van der Waals surface area contributed by atoms with Crippen LogP contribution in [0.1, 0.15) is 29.8 Å². The molecule has 0 unspecified atom stereocenters. The van der Waals surface area contributed by atoms with Crippen LogP contribution in [0.3, 0.4) is 0 Å². The summed E-state index contributed by atoms with van der Waals surface area (Å²) in [5.74, 6) is -3.88. The van der Waals surface area contributed by atoms with Gasteiger partial charge < -0.3 is 21.1 Å². The topological polar surface area (TPSA) is 95.7 Å². The summed E-state index contributed by atoms with van der Waals surface area (Å²) >= 11 is 0. The number of hydrogen-bond acceptors (Lipinski definition) is 4. The second-order valence-electron chi connectivity index (χ2n) is 6.33. The maximum absolute atomic E-state index is 14.3. The molecule has 0 atom stereocenters. The summed E-state index contributed by atoms with van der Waals surface area (Å²) in [5.41, 5.74) is 4.32. The van der Waals surface area contributed by atoms with Gasteiger partial charge in [0, 0.05) is 5.69 Å². The molecule has 1 fully saturated rings. The number of anilines is 2. The molecular weight excluding hydrogens is 399 g/mol. The van der Waals surface area contributed by atoms with Gasteiger partial charge in [0.1, 0.15) is 0 Å². The molecule has 1 saturated heterocycles. The van der Waals surface area contributed by atoms with Gasteiger partial charge in [-0.2, -0.15) is 0 Å². The molecule has 6 nitrogen and oxygen atoms in total. The number of aryl methyl sites for hydroxylation is 1. The normalized spacial score (nSPS) is 13.7. The monoisotopic (exact) mass is 425 g/mol. The number of amides is 2. The first-order valence-corrected chi connectivity index (χ1v) is 9.22. The van der Waals surface area contributed by atoms with Gasteiger partial charge >= 0.3 is 0 Å². The van der Waals surface area contributed by atoms with Crippen molar-refractivity contribution < 1.29 is 27.9 Å². The summed E-state index contributed by atoms with van der Waals surface area (Å²) in [7, 11) is 0.500. The van der Waals surface area contributed by atoms with Crippen LogP contribution in [-0.4, -0.2) is 47.7 Å². The van der Waals surface area contributed by atoms with Crippen molar-refractivity contribution in [1.29, 1.82) is 0 Å². The number of aliphatic hydroxyl groups is 1. The number of carbonyl (C=O) groups excluding carboxylic acids is 2. The highest BCUT2D eigenvalue weighted by Gasteiger charge is 2.49. The molecule has 0 aliphatic carbocycles. The fraction of sp³-hybridized carbons (Fsp3) is 0.333. The largest absolute Gasteiger partial charge is 0.377 e. The zero-order valence-corrected chi connectivity index (χ0v) is 17.3. The molecule has 2 amide bonds. The third-order valence-corrected chi connectivity index (χ3v) is 4.30. The van der Waals surface area contributed by atoms with E-state index < -0.39 is 29.0 Å². The quantitative estimate of drug-likeness (QED) is 0.700. The number of halogens is 3. The van der Waals surface area contributed by atoms with Gasteiger partial charge in [0.2, 0.25) is 0 Å². The third kappa shape index (κ3) is 5.29. The zero-order valence-electron chi connectivity index (χ0n) is 17.3. The Labute approximate surface area is 173 Å². The van der Waals surface area contributed by atoms with E-state index in [-0.39, 0.29) is 24.3 Å². The van der Waals surface area contributed by atoms with Crippen molar-refractivity contribution in [3.8, 4) is 0 Å². The molecule has 1 aliphatic heterocycles. The van der Waals surface area contributed by atoms with Crippen molar-refractivity contribution in [3.05, 3.63) is 59.2 Å². The summed E-state index contributed by atoms with van der Waals surface area (Å²) in [4.78, 5) is 24.9. The molecule has 0 saturated carbocycles. The highest BCUT2D eigenvalue weighted by atomic mass is 19.2. The number of nitrogens with two attached hydrogens (primary N) is 1. The van der Waals surface area contributed by atoms with Crippen LogP contribution in [0.15, 0.2) is 36.4 Å². The maximum atomic E-state index is 14.3.